The van der Waals surface area contributed by atoms with Crippen LogP contribution in [0.1, 0.15) is 18.4 Å². The minimum Gasteiger partial charge on any atom is -0.352 e. The fourth-order valence-electron chi connectivity index (χ4n) is 1.27. The van der Waals surface area contributed by atoms with Gasteiger partial charge < -0.3 is 5.32 Å². The Balaban J connectivity index is 1.79. The molecule has 0 radical (unpaired) electrons. The van der Waals surface area contributed by atoms with Gasteiger partial charge in [0.15, 0.2) is 0 Å². The predicted molar refractivity (Wildman–Crippen MR) is 59.0 cm³/mol. The summed E-state index contributed by atoms with van der Waals surface area (Å²) in [6.45, 7) is 0.816. The van der Waals surface area contributed by atoms with Gasteiger partial charge in [-0.25, -0.2) is 0 Å². The number of nitrogens with zero attached hydrogens (tertiary/aromatic N) is 1. The molecule has 0 unspecified atom stereocenters. The monoisotopic (exact) mass is 202 g/mol. The normalized spacial score (nSPS) is 15.5. The van der Waals surface area contributed by atoms with Crippen molar-refractivity contribution in [2.45, 2.75) is 12.8 Å². The van der Waals surface area contributed by atoms with Crippen LogP contribution < -0.4 is 5.32 Å². The van der Waals surface area contributed by atoms with Crippen molar-refractivity contribution in [2.75, 3.05) is 6.54 Å². The lowest BCUT2D eigenvalue weighted by atomic mass is 10.2. The van der Waals surface area contributed by atoms with E-state index in [2.05, 4.69) is 10.3 Å². The van der Waals surface area contributed by atoms with Crippen LogP contribution in [-0.2, 0) is 4.79 Å². The van der Waals surface area contributed by atoms with E-state index in [9.17, 15) is 4.79 Å². The molecule has 0 spiro atoms. The Morgan fingerprint density at radius 3 is 3.13 bits per heavy atom. The van der Waals surface area contributed by atoms with Crippen molar-refractivity contribution >= 4 is 12.0 Å². The molecule has 0 aromatic carbocycles. The largest absolute Gasteiger partial charge is 0.352 e. The van der Waals surface area contributed by atoms with E-state index in [-0.39, 0.29) is 5.91 Å². The first-order valence-corrected chi connectivity index (χ1v) is 5.20. The van der Waals surface area contributed by atoms with Crippen LogP contribution in [0.5, 0.6) is 0 Å². The molecule has 0 aliphatic heterocycles. The van der Waals surface area contributed by atoms with Gasteiger partial charge in [-0.2, -0.15) is 0 Å². The quantitative estimate of drug-likeness (QED) is 0.754. The molecule has 1 heterocycles. The summed E-state index contributed by atoms with van der Waals surface area (Å²) in [6.07, 6.45) is 9.28. The van der Waals surface area contributed by atoms with Crippen molar-refractivity contribution in [1.82, 2.24) is 10.3 Å². The number of carbonyl (C=O) groups excluding carboxylic acids is 1. The van der Waals surface area contributed by atoms with Crippen LogP contribution in [0.15, 0.2) is 30.6 Å². The minimum atomic E-state index is -0.0225. The molecule has 1 aromatic heterocycles. The highest BCUT2D eigenvalue weighted by molar-refractivity contribution is 5.91. The van der Waals surface area contributed by atoms with Crippen molar-refractivity contribution in [3.63, 3.8) is 0 Å². The van der Waals surface area contributed by atoms with E-state index in [1.165, 1.54) is 12.8 Å². The molecule has 0 atom stereocenters. The van der Waals surface area contributed by atoms with Crippen molar-refractivity contribution < 1.29 is 4.79 Å². The van der Waals surface area contributed by atoms with Gasteiger partial charge in [-0.15, -0.1) is 0 Å². The SMILES string of the molecule is O=C(/C=C/c1cccnc1)NCC1CC1. The number of hydrogen-bond acceptors (Lipinski definition) is 2. The number of carbonyl (C=O) groups is 1. The van der Waals surface area contributed by atoms with Gasteiger partial charge in [-0.3, -0.25) is 9.78 Å². The molecule has 1 amide bonds. The first-order chi connectivity index (χ1) is 7.34. The summed E-state index contributed by atoms with van der Waals surface area (Å²) >= 11 is 0. The molecule has 1 N–H and O–H groups in total. The van der Waals surface area contributed by atoms with Gasteiger partial charge in [0, 0.05) is 25.0 Å². The molecule has 15 heavy (non-hydrogen) atoms. The molecule has 0 bridgehead atoms. The van der Waals surface area contributed by atoms with Crippen LogP contribution in [0.2, 0.25) is 0 Å². The maximum atomic E-state index is 11.3. The number of amides is 1. The summed E-state index contributed by atoms with van der Waals surface area (Å²) < 4.78 is 0. The molecule has 78 valence electrons. The third kappa shape index (κ3) is 3.54. The number of rotatable bonds is 4. The molecular formula is C12H14N2O. The first kappa shape index (κ1) is 9.90. The Morgan fingerprint density at radius 1 is 1.60 bits per heavy atom. The Hall–Kier alpha value is -1.64. The zero-order chi connectivity index (χ0) is 10.5. The maximum Gasteiger partial charge on any atom is 0.244 e. The highest BCUT2D eigenvalue weighted by atomic mass is 16.1. The van der Waals surface area contributed by atoms with Crippen molar-refractivity contribution in [1.29, 1.82) is 0 Å². The van der Waals surface area contributed by atoms with Gasteiger partial charge >= 0.3 is 0 Å². The van der Waals surface area contributed by atoms with Crippen molar-refractivity contribution in [3.8, 4) is 0 Å². The van der Waals surface area contributed by atoms with Gasteiger partial charge in [0.1, 0.15) is 0 Å². The fourth-order valence-corrected chi connectivity index (χ4v) is 1.27. The molecule has 1 aliphatic rings. The van der Waals surface area contributed by atoms with E-state index < -0.39 is 0 Å². The first-order valence-electron chi connectivity index (χ1n) is 5.20. The van der Waals surface area contributed by atoms with Crippen LogP contribution in [0, 0.1) is 5.92 Å². The second-order valence-electron chi connectivity index (χ2n) is 3.81. The topological polar surface area (TPSA) is 42.0 Å². The van der Waals surface area contributed by atoms with Crippen LogP contribution >= 0.6 is 0 Å². The van der Waals surface area contributed by atoms with Crippen LogP contribution in [-0.4, -0.2) is 17.4 Å². The van der Waals surface area contributed by atoms with Crippen molar-refractivity contribution in [3.05, 3.63) is 36.2 Å². The van der Waals surface area contributed by atoms with E-state index in [1.807, 2.05) is 12.1 Å². The third-order valence-electron chi connectivity index (χ3n) is 2.37. The van der Waals surface area contributed by atoms with E-state index in [0.29, 0.717) is 0 Å². The lowest BCUT2D eigenvalue weighted by Crippen LogP contribution is -2.23. The molecule has 1 aromatic rings. The third-order valence-corrected chi connectivity index (χ3v) is 2.37. The lowest BCUT2D eigenvalue weighted by Gasteiger charge is -1.98. The second kappa shape index (κ2) is 4.73. The lowest BCUT2D eigenvalue weighted by molar-refractivity contribution is -0.116. The van der Waals surface area contributed by atoms with Gasteiger partial charge in [0.2, 0.25) is 5.91 Å². The number of nitrogens with one attached hydrogen (secondary N) is 1. The number of pyridine rings is 1. The maximum absolute atomic E-state index is 11.3. The number of hydrogen-bond donors (Lipinski definition) is 1. The average Bonchev–Trinajstić information content (AvgIpc) is 3.09. The Bertz CT molecular complexity index is 355. The Morgan fingerprint density at radius 2 is 2.47 bits per heavy atom. The van der Waals surface area contributed by atoms with E-state index >= 15 is 0 Å². The summed E-state index contributed by atoms with van der Waals surface area (Å²) in [5, 5.41) is 2.87. The predicted octanol–water partition coefficient (Wildman–Crippen LogP) is 1.62. The van der Waals surface area contributed by atoms with Crippen LogP contribution in [0.3, 0.4) is 0 Å². The number of aromatic nitrogens is 1. The molecule has 0 saturated heterocycles. The molecule has 2 rings (SSSR count). The van der Waals surface area contributed by atoms with Crippen LogP contribution in [0.4, 0.5) is 0 Å². The van der Waals surface area contributed by atoms with Crippen molar-refractivity contribution in [2.24, 2.45) is 5.92 Å². The average molecular weight is 202 g/mol. The summed E-state index contributed by atoms with van der Waals surface area (Å²) in [7, 11) is 0. The zero-order valence-electron chi connectivity index (χ0n) is 8.52. The summed E-state index contributed by atoms with van der Waals surface area (Å²) in [6, 6.07) is 3.76. The molecule has 1 fully saturated rings. The molecular weight excluding hydrogens is 188 g/mol. The molecule has 3 heteroatoms. The van der Waals surface area contributed by atoms with Gasteiger partial charge in [-0.05, 0) is 36.5 Å². The van der Waals surface area contributed by atoms with Gasteiger partial charge in [0.05, 0.1) is 0 Å². The smallest absolute Gasteiger partial charge is 0.244 e. The van der Waals surface area contributed by atoms with E-state index in [1.54, 1.807) is 24.5 Å². The van der Waals surface area contributed by atoms with E-state index in [4.69, 9.17) is 0 Å². The molecule has 1 saturated carbocycles. The zero-order valence-corrected chi connectivity index (χ0v) is 8.52. The molecule has 3 nitrogen and oxygen atoms in total. The van der Waals surface area contributed by atoms with Crippen LogP contribution in [0.25, 0.3) is 6.08 Å². The highest BCUT2D eigenvalue weighted by Crippen LogP contribution is 2.27. The summed E-state index contributed by atoms with van der Waals surface area (Å²) in [4.78, 5) is 15.3. The van der Waals surface area contributed by atoms with Gasteiger partial charge in [-0.1, -0.05) is 6.07 Å². The fraction of sp³-hybridized carbons (Fsp3) is 0.333. The standard InChI is InChI=1S/C12H14N2O/c15-12(14-9-11-3-4-11)6-5-10-2-1-7-13-8-10/h1-2,5-8,11H,3-4,9H2,(H,14,15)/b6-5+. The Kier molecular flexibility index (Phi) is 3.12. The van der Waals surface area contributed by atoms with E-state index in [0.717, 1.165) is 18.0 Å². The summed E-state index contributed by atoms with van der Waals surface area (Å²) in [5.41, 5.74) is 0.944. The Labute approximate surface area is 89.2 Å². The minimum absolute atomic E-state index is 0.0225. The summed E-state index contributed by atoms with van der Waals surface area (Å²) in [5.74, 6) is 0.700. The molecule has 1 aliphatic carbocycles. The highest BCUT2D eigenvalue weighted by Gasteiger charge is 2.20. The van der Waals surface area contributed by atoms with Gasteiger partial charge in [0.25, 0.3) is 0 Å². The second-order valence-corrected chi connectivity index (χ2v) is 3.81.